The zero-order chi connectivity index (χ0) is 22.2. The van der Waals surface area contributed by atoms with Crippen molar-refractivity contribution in [2.24, 2.45) is 0 Å². The lowest BCUT2D eigenvalue weighted by Crippen LogP contribution is -2.37. The first kappa shape index (κ1) is 22.9. The Hall–Kier alpha value is -2.78. The first-order valence-electron chi connectivity index (χ1n) is 9.85. The number of benzene rings is 1. The molecule has 0 spiro atoms. The summed E-state index contributed by atoms with van der Waals surface area (Å²) in [5.74, 6) is 0.704. The van der Waals surface area contributed by atoms with Gasteiger partial charge in [0, 0.05) is 19.5 Å². The van der Waals surface area contributed by atoms with Gasteiger partial charge in [0.25, 0.3) is 11.1 Å². The Bertz CT molecular complexity index is 972. The van der Waals surface area contributed by atoms with Crippen LogP contribution >= 0.6 is 23.1 Å². The molecule has 1 aromatic heterocycles. The molecule has 0 atom stereocenters. The fraction of sp³-hybridized carbons (Fsp3) is 0.318. The van der Waals surface area contributed by atoms with E-state index in [9.17, 15) is 14.4 Å². The van der Waals surface area contributed by atoms with Gasteiger partial charge in [-0.05, 0) is 71.3 Å². The Morgan fingerprint density at radius 2 is 2.06 bits per heavy atom. The number of thiophene rings is 1. The summed E-state index contributed by atoms with van der Waals surface area (Å²) in [5.41, 5.74) is 1.86. The lowest BCUT2D eigenvalue weighted by molar-refractivity contribution is -0.124. The van der Waals surface area contributed by atoms with E-state index in [4.69, 9.17) is 9.47 Å². The number of carbonyl (C=O) groups is 3. The third kappa shape index (κ3) is 6.11. The summed E-state index contributed by atoms with van der Waals surface area (Å²) in [7, 11) is 1.55. The number of methoxy groups -OCH3 is 1. The van der Waals surface area contributed by atoms with Crippen LogP contribution in [0.1, 0.15) is 24.5 Å². The maximum absolute atomic E-state index is 12.6. The number of hydrogen-bond acceptors (Lipinski definition) is 7. The van der Waals surface area contributed by atoms with Crippen LogP contribution in [0.4, 0.5) is 4.79 Å². The van der Waals surface area contributed by atoms with Gasteiger partial charge in [-0.3, -0.25) is 19.3 Å². The minimum absolute atomic E-state index is 0.102. The number of hydrogen-bond donors (Lipinski definition) is 1. The fourth-order valence-electron chi connectivity index (χ4n) is 2.98. The van der Waals surface area contributed by atoms with Crippen LogP contribution < -0.4 is 14.8 Å². The Morgan fingerprint density at radius 1 is 1.23 bits per heavy atom. The maximum Gasteiger partial charge on any atom is 0.293 e. The highest BCUT2D eigenvalue weighted by Gasteiger charge is 2.34. The van der Waals surface area contributed by atoms with E-state index >= 15 is 0 Å². The predicted octanol–water partition coefficient (Wildman–Crippen LogP) is 3.94. The zero-order valence-electron chi connectivity index (χ0n) is 17.4. The molecule has 164 valence electrons. The van der Waals surface area contributed by atoms with E-state index in [0.29, 0.717) is 35.9 Å². The van der Waals surface area contributed by atoms with Gasteiger partial charge in [-0.1, -0.05) is 6.07 Å². The van der Waals surface area contributed by atoms with Gasteiger partial charge in [0.1, 0.15) is 0 Å². The van der Waals surface area contributed by atoms with E-state index in [1.54, 1.807) is 42.7 Å². The summed E-state index contributed by atoms with van der Waals surface area (Å²) in [4.78, 5) is 38.4. The molecule has 1 N–H and O–H groups in total. The van der Waals surface area contributed by atoms with Crippen molar-refractivity contribution in [1.82, 2.24) is 10.2 Å². The standard InChI is InChI=1S/C22H24N2O5S2/c1-3-29-17-6-4-16(12-18(17)28-2)13-19-21(26)24(22(27)31-19)10-9-23-20(25)7-5-15-8-11-30-14-15/h4,6,8,11-14H,3,5,7,9-10H2,1-2H3,(H,23,25)/b19-13-. The molecule has 7 nitrogen and oxygen atoms in total. The third-order valence-electron chi connectivity index (χ3n) is 4.54. The molecule has 3 rings (SSSR count). The van der Waals surface area contributed by atoms with Gasteiger partial charge >= 0.3 is 0 Å². The Labute approximate surface area is 189 Å². The average molecular weight is 461 g/mol. The number of thioether (sulfide) groups is 1. The molecule has 0 aliphatic carbocycles. The number of imide groups is 1. The average Bonchev–Trinajstić information content (AvgIpc) is 3.37. The maximum atomic E-state index is 12.6. The van der Waals surface area contributed by atoms with E-state index < -0.39 is 0 Å². The number of ether oxygens (including phenoxy) is 2. The molecule has 1 aromatic carbocycles. The molecule has 0 bridgehead atoms. The molecular formula is C22H24N2O5S2. The smallest absolute Gasteiger partial charge is 0.293 e. The second-order valence-corrected chi connectivity index (χ2v) is 8.43. The first-order chi connectivity index (χ1) is 15.0. The lowest BCUT2D eigenvalue weighted by Gasteiger charge is -2.13. The summed E-state index contributed by atoms with van der Waals surface area (Å²) >= 11 is 2.48. The van der Waals surface area contributed by atoms with Crippen molar-refractivity contribution >= 4 is 46.2 Å². The van der Waals surface area contributed by atoms with Gasteiger partial charge in [0.15, 0.2) is 11.5 Å². The zero-order valence-corrected chi connectivity index (χ0v) is 19.0. The second-order valence-electron chi connectivity index (χ2n) is 6.66. The molecule has 1 saturated heterocycles. The van der Waals surface area contributed by atoms with E-state index in [1.165, 1.54) is 0 Å². The minimum Gasteiger partial charge on any atom is -0.493 e. The highest BCUT2D eigenvalue weighted by atomic mass is 32.2. The van der Waals surface area contributed by atoms with Crippen LogP contribution in [0.2, 0.25) is 0 Å². The topological polar surface area (TPSA) is 84.9 Å². The molecule has 1 fully saturated rings. The van der Waals surface area contributed by atoms with Crippen molar-refractivity contribution in [1.29, 1.82) is 0 Å². The van der Waals surface area contributed by atoms with Crippen LogP contribution in [0.15, 0.2) is 39.9 Å². The molecule has 31 heavy (non-hydrogen) atoms. The Balaban J connectivity index is 1.54. The van der Waals surface area contributed by atoms with Crippen molar-refractivity contribution in [3.8, 4) is 11.5 Å². The highest BCUT2D eigenvalue weighted by Crippen LogP contribution is 2.34. The van der Waals surface area contributed by atoms with Gasteiger partial charge in [-0.2, -0.15) is 11.3 Å². The number of amides is 3. The largest absolute Gasteiger partial charge is 0.493 e. The molecule has 1 aliphatic heterocycles. The predicted molar refractivity (Wildman–Crippen MR) is 122 cm³/mol. The van der Waals surface area contributed by atoms with Crippen LogP contribution in [0, 0.1) is 0 Å². The number of aryl methyl sites for hydroxylation is 1. The van der Waals surface area contributed by atoms with Gasteiger partial charge < -0.3 is 14.8 Å². The van der Waals surface area contributed by atoms with Gasteiger partial charge in [0.2, 0.25) is 5.91 Å². The molecule has 1 aliphatic rings. The second kappa shape index (κ2) is 11.0. The van der Waals surface area contributed by atoms with Crippen molar-refractivity contribution in [2.45, 2.75) is 19.8 Å². The van der Waals surface area contributed by atoms with Gasteiger partial charge in [-0.15, -0.1) is 0 Å². The normalized spacial score (nSPS) is 14.9. The SMILES string of the molecule is CCOc1ccc(/C=C2\SC(=O)N(CCNC(=O)CCc3ccsc3)C2=O)cc1OC. The Kier molecular flexibility index (Phi) is 8.13. The first-order valence-corrected chi connectivity index (χ1v) is 11.6. The number of carbonyl (C=O) groups excluding carboxylic acids is 3. The van der Waals surface area contributed by atoms with Crippen molar-refractivity contribution in [2.75, 3.05) is 26.8 Å². The van der Waals surface area contributed by atoms with Crippen molar-refractivity contribution < 1.29 is 23.9 Å². The molecule has 3 amide bonds. The Morgan fingerprint density at radius 3 is 2.77 bits per heavy atom. The summed E-state index contributed by atoms with van der Waals surface area (Å²) < 4.78 is 10.8. The van der Waals surface area contributed by atoms with Crippen LogP contribution in [0.5, 0.6) is 11.5 Å². The monoisotopic (exact) mass is 460 g/mol. The summed E-state index contributed by atoms with van der Waals surface area (Å²) in [6.07, 6.45) is 2.70. The van der Waals surface area contributed by atoms with Crippen molar-refractivity contribution in [3.63, 3.8) is 0 Å². The number of nitrogens with one attached hydrogen (secondary N) is 1. The molecule has 2 heterocycles. The van der Waals surface area contributed by atoms with E-state index in [2.05, 4.69) is 5.32 Å². The lowest BCUT2D eigenvalue weighted by atomic mass is 10.2. The van der Waals surface area contributed by atoms with Crippen LogP contribution in [-0.4, -0.2) is 48.8 Å². The van der Waals surface area contributed by atoms with Crippen LogP contribution in [-0.2, 0) is 16.0 Å². The summed E-state index contributed by atoms with van der Waals surface area (Å²) in [6, 6.07) is 7.32. The van der Waals surface area contributed by atoms with Crippen LogP contribution in [0.25, 0.3) is 6.08 Å². The van der Waals surface area contributed by atoms with E-state index in [1.807, 2.05) is 23.8 Å². The molecule has 0 radical (unpaired) electrons. The third-order valence-corrected chi connectivity index (χ3v) is 6.18. The molecular weight excluding hydrogens is 436 g/mol. The molecule has 0 saturated carbocycles. The molecule has 9 heteroatoms. The molecule has 2 aromatic rings. The van der Waals surface area contributed by atoms with Gasteiger partial charge in [0.05, 0.1) is 18.6 Å². The van der Waals surface area contributed by atoms with E-state index in [0.717, 1.165) is 27.8 Å². The van der Waals surface area contributed by atoms with E-state index in [-0.39, 0.29) is 30.1 Å². The number of rotatable bonds is 10. The molecule has 0 unspecified atom stereocenters. The summed E-state index contributed by atoms with van der Waals surface area (Å²) in [6.45, 7) is 2.76. The summed E-state index contributed by atoms with van der Waals surface area (Å²) in [5, 5.41) is 6.41. The van der Waals surface area contributed by atoms with Crippen molar-refractivity contribution in [3.05, 3.63) is 51.1 Å². The number of nitrogens with zero attached hydrogens (tertiary/aromatic N) is 1. The van der Waals surface area contributed by atoms with Crippen LogP contribution in [0.3, 0.4) is 0 Å². The van der Waals surface area contributed by atoms with Gasteiger partial charge in [-0.25, -0.2) is 0 Å². The fourth-order valence-corrected chi connectivity index (χ4v) is 4.55. The quantitative estimate of drug-likeness (QED) is 0.541. The minimum atomic E-state index is -0.365. The highest BCUT2D eigenvalue weighted by molar-refractivity contribution is 8.18.